The van der Waals surface area contributed by atoms with Crippen molar-refractivity contribution in [1.82, 2.24) is 0 Å². The van der Waals surface area contributed by atoms with Gasteiger partial charge < -0.3 is 28.1 Å². The van der Waals surface area contributed by atoms with E-state index in [0.29, 0.717) is 44.5 Å². The summed E-state index contributed by atoms with van der Waals surface area (Å²) in [6.07, 6.45) is 0. The molecule has 0 saturated heterocycles. The van der Waals surface area contributed by atoms with E-state index < -0.39 is 20.2 Å². The molecule has 0 spiro atoms. The van der Waals surface area contributed by atoms with Gasteiger partial charge in [0.2, 0.25) is 0 Å². The summed E-state index contributed by atoms with van der Waals surface area (Å²) in [5, 5.41) is 5.70. The van der Waals surface area contributed by atoms with Crippen molar-refractivity contribution in [3.63, 3.8) is 0 Å². The second kappa shape index (κ2) is 13.7. The molecule has 0 radical (unpaired) electrons. The maximum atomic E-state index is 11.3. The van der Waals surface area contributed by atoms with Gasteiger partial charge in [0.15, 0.2) is 0 Å². The minimum Gasteiger partial charge on any atom is -0.744 e. The summed E-state index contributed by atoms with van der Waals surface area (Å²) in [7, 11) is -2.97. The zero-order valence-corrected chi connectivity index (χ0v) is 30.8. The Morgan fingerprint density at radius 3 is 0.911 bits per heavy atom. The molecule has 10 nitrogen and oxygen atoms in total. The molecular formula is C32H26BaO10S2. The number of fused-ring (bicyclic) bond motifs is 4. The van der Waals surface area contributed by atoms with Crippen molar-refractivity contribution in [2.75, 3.05) is 28.4 Å². The summed E-state index contributed by atoms with van der Waals surface area (Å²) in [6, 6.07) is 23.3. The monoisotopic (exact) mass is 772 g/mol. The fraction of sp³-hybridized carbons (Fsp3) is 0.125. The van der Waals surface area contributed by atoms with Crippen LogP contribution < -0.4 is 18.9 Å². The van der Waals surface area contributed by atoms with Crippen LogP contribution in [0, 0.1) is 0 Å². The van der Waals surface area contributed by atoms with Crippen LogP contribution in [0.4, 0.5) is 0 Å². The molecule has 0 heterocycles. The first-order valence-electron chi connectivity index (χ1n) is 13.0. The molecule has 0 aromatic heterocycles. The molecule has 0 saturated carbocycles. The molecule has 6 aromatic carbocycles. The molecule has 0 atom stereocenters. The normalized spacial score (nSPS) is 11.5. The standard InChI is InChI=1S/2C16H14O5S.Ba/c2*1-20-15-11-5-3-4-6-12(11)16(21-2)14-9-10(22(17,18)19)7-8-13(14)15;/h2*3-9H,1-2H3,(H,17,18,19);/q;;+2/p-2. The van der Waals surface area contributed by atoms with E-state index in [-0.39, 0.29) is 58.7 Å². The fourth-order valence-corrected chi connectivity index (χ4v) is 6.34. The first kappa shape index (κ1) is 34.8. The molecule has 13 heteroatoms. The van der Waals surface area contributed by atoms with E-state index in [1.165, 1.54) is 38.5 Å². The van der Waals surface area contributed by atoms with Gasteiger partial charge in [0.25, 0.3) is 0 Å². The summed E-state index contributed by atoms with van der Waals surface area (Å²) in [6.45, 7) is 0. The van der Waals surface area contributed by atoms with Crippen LogP contribution in [0.3, 0.4) is 0 Å². The van der Waals surface area contributed by atoms with Crippen LogP contribution in [0.25, 0.3) is 43.1 Å². The third-order valence-corrected chi connectivity index (χ3v) is 8.85. The maximum absolute atomic E-state index is 11.3. The van der Waals surface area contributed by atoms with Gasteiger partial charge in [-0.05, 0) is 36.4 Å². The molecule has 0 fully saturated rings. The van der Waals surface area contributed by atoms with Gasteiger partial charge >= 0.3 is 48.9 Å². The fourth-order valence-electron chi connectivity index (χ4n) is 5.35. The van der Waals surface area contributed by atoms with Crippen LogP contribution >= 0.6 is 0 Å². The zero-order chi connectivity index (χ0) is 31.8. The Morgan fingerprint density at radius 1 is 0.422 bits per heavy atom. The van der Waals surface area contributed by atoms with Gasteiger partial charge in [-0.15, -0.1) is 0 Å². The van der Waals surface area contributed by atoms with Gasteiger partial charge in [-0.1, -0.05) is 48.5 Å². The molecule has 45 heavy (non-hydrogen) atoms. The number of hydrogen-bond donors (Lipinski definition) is 0. The van der Waals surface area contributed by atoms with Crippen LogP contribution in [0.5, 0.6) is 23.0 Å². The molecule has 0 bridgehead atoms. The smallest absolute Gasteiger partial charge is 0.744 e. The van der Waals surface area contributed by atoms with Gasteiger partial charge in [0, 0.05) is 43.1 Å². The minimum atomic E-state index is -4.54. The third kappa shape index (κ3) is 6.61. The molecule has 0 aliphatic heterocycles. The Labute approximate surface area is 300 Å². The topological polar surface area (TPSA) is 151 Å². The van der Waals surface area contributed by atoms with Crippen molar-refractivity contribution in [3.05, 3.63) is 84.9 Å². The summed E-state index contributed by atoms with van der Waals surface area (Å²) >= 11 is 0. The predicted molar refractivity (Wildman–Crippen MR) is 171 cm³/mol. The van der Waals surface area contributed by atoms with Gasteiger partial charge in [-0.3, -0.25) is 0 Å². The Bertz CT molecular complexity index is 2120. The molecule has 0 unspecified atom stereocenters. The summed E-state index contributed by atoms with van der Waals surface area (Å²) in [4.78, 5) is -0.591. The largest absolute Gasteiger partial charge is 2.00 e. The number of methoxy groups -OCH3 is 4. The van der Waals surface area contributed by atoms with Crippen LogP contribution in [-0.4, -0.2) is 103 Å². The van der Waals surface area contributed by atoms with Gasteiger partial charge in [0.05, 0.1) is 38.2 Å². The Kier molecular flexibility index (Phi) is 10.6. The average molecular weight is 772 g/mol. The SMILES string of the molecule is COc1c2ccccc2c(OC)c2cc(S(=O)(=O)[O-])ccc12.COc1c2ccccc2c(OC)c2cc(S(=O)(=O)[O-])ccc12.[Ba+2]. The molecule has 228 valence electrons. The van der Waals surface area contributed by atoms with E-state index in [9.17, 15) is 25.9 Å². The first-order valence-corrected chi connectivity index (χ1v) is 15.8. The number of hydrogen-bond acceptors (Lipinski definition) is 10. The van der Waals surface area contributed by atoms with E-state index in [2.05, 4.69) is 0 Å². The van der Waals surface area contributed by atoms with Gasteiger partial charge in [0.1, 0.15) is 43.2 Å². The van der Waals surface area contributed by atoms with Crippen LogP contribution in [0.15, 0.2) is 94.7 Å². The molecule has 0 aliphatic rings. The van der Waals surface area contributed by atoms with E-state index in [1.807, 2.05) is 48.5 Å². The van der Waals surface area contributed by atoms with Crippen molar-refractivity contribution in [2.45, 2.75) is 9.79 Å². The van der Waals surface area contributed by atoms with Gasteiger partial charge in [-0.25, -0.2) is 16.8 Å². The summed E-state index contributed by atoms with van der Waals surface area (Å²) < 4.78 is 89.5. The Balaban J connectivity index is 0.000000200. The molecule has 0 amide bonds. The molecule has 0 N–H and O–H groups in total. The van der Waals surface area contributed by atoms with Crippen LogP contribution in [0.2, 0.25) is 0 Å². The van der Waals surface area contributed by atoms with Crippen LogP contribution in [0.1, 0.15) is 0 Å². The van der Waals surface area contributed by atoms with E-state index in [1.54, 1.807) is 26.4 Å². The van der Waals surface area contributed by atoms with E-state index in [4.69, 9.17) is 18.9 Å². The third-order valence-electron chi connectivity index (χ3n) is 7.19. The molecule has 0 aliphatic carbocycles. The molecular weight excluding hydrogens is 746 g/mol. The molecule has 6 rings (SSSR count). The summed E-state index contributed by atoms with van der Waals surface area (Å²) in [5.41, 5.74) is 0. The van der Waals surface area contributed by atoms with Crippen molar-refractivity contribution in [1.29, 1.82) is 0 Å². The van der Waals surface area contributed by atoms with Crippen LogP contribution in [-0.2, 0) is 20.2 Å². The Hall–Kier alpha value is -3.05. The molecule has 6 aromatic rings. The quantitative estimate of drug-likeness (QED) is 0.122. The number of ether oxygens (including phenoxy) is 4. The number of benzene rings is 6. The second-order valence-corrected chi connectivity index (χ2v) is 12.3. The van der Waals surface area contributed by atoms with Crippen molar-refractivity contribution in [3.8, 4) is 23.0 Å². The zero-order valence-electron chi connectivity index (χ0n) is 24.7. The second-order valence-electron chi connectivity index (χ2n) is 9.55. The van der Waals surface area contributed by atoms with Crippen molar-refractivity contribution < 1.29 is 44.9 Å². The Morgan fingerprint density at radius 2 is 0.667 bits per heavy atom. The van der Waals surface area contributed by atoms with E-state index in [0.717, 1.165) is 21.5 Å². The maximum Gasteiger partial charge on any atom is 2.00 e. The van der Waals surface area contributed by atoms with E-state index >= 15 is 0 Å². The predicted octanol–water partition coefficient (Wildman–Crippen LogP) is 5.45. The number of rotatable bonds is 6. The van der Waals surface area contributed by atoms with Crippen molar-refractivity contribution in [2.24, 2.45) is 0 Å². The minimum absolute atomic E-state index is 0. The average Bonchev–Trinajstić information content (AvgIpc) is 3.01. The summed E-state index contributed by atoms with van der Waals surface area (Å²) in [5.74, 6) is 2.25. The van der Waals surface area contributed by atoms with Crippen molar-refractivity contribution >= 4 is 112 Å². The van der Waals surface area contributed by atoms with Gasteiger partial charge in [-0.2, -0.15) is 0 Å². The first-order chi connectivity index (χ1) is 20.9.